The van der Waals surface area contributed by atoms with Crippen LogP contribution < -0.4 is 5.73 Å². The first-order valence-corrected chi connectivity index (χ1v) is 6.42. The van der Waals surface area contributed by atoms with Crippen molar-refractivity contribution in [2.24, 2.45) is 7.05 Å². The van der Waals surface area contributed by atoms with Gasteiger partial charge in [-0.25, -0.2) is 4.98 Å². The van der Waals surface area contributed by atoms with Crippen molar-refractivity contribution in [3.05, 3.63) is 41.9 Å². The van der Waals surface area contributed by atoms with E-state index in [1.807, 2.05) is 49.0 Å². The SMILES string of the molecule is Cn1ccc(-c2nc(-c3ccc(N)cc3)cs2)n1. The number of hydrogen-bond donors (Lipinski definition) is 1. The van der Waals surface area contributed by atoms with Crippen LogP contribution >= 0.6 is 11.3 Å². The molecule has 5 heteroatoms. The largest absolute Gasteiger partial charge is 0.399 e. The number of aromatic nitrogens is 3. The number of nitrogens with two attached hydrogens (primary N) is 1. The van der Waals surface area contributed by atoms with E-state index in [1.165, 1.54) is 0 Å². The van der Waals surface area contributed by atoms with Crippen LogP contribution in [0.25, 0.3) is 22.0 Å². The Kier molecular flexibility index (Phi) is 2.60. The maximum atomic E-state index is 5.67. The van der Waals surface area contributed by atoms with Crippen molar-refractivity contribution in [2.45, 2.75) is 0 Å². The zero-order chi connectivity index (χ0) is 12.5. The number of benzene rings is 1. The molecule has 0 saturated carbocycles. The van der Waals surface area contributed by atoms with Gasteiger partial charge in [0.15, 0.2) is 0 Å². The Morgan fingerprint density at radius 1 is 1.11 bits per heavy atom. The fourth-order valence-corrected chi connectivity index (χ4v) is 2.50. The summed E-state index contributed by atoms with van der Waals surface area (Å²) in [4.78, 5) is 4.60. The fourth-order valence-electron chi connectivity index (χ4n) is 1.71. The number of nitrogens with zero attached hydrogens (tertiary/aromatic N) is 3. The first-order valence-electron chi connectivity index (χ1n) is 5.54. The second-order valence-corrected chi connectivity index (χ2v) is 4.89. The molecule has 3 rings (SSSR count). The van der Waals surface area contributed by atoms with Gasteiger partial charge in [-0.05, 0) is 18.2 Å². The molecule has 0 aliphatic heterocycles. The predicted octanol–water partition coefficient (Wildman–Crippen LogP) is 2.79. The topological polar surface area (TPSA) is 56.7 Å². The van der Waals surface area contributed by atoms with Gasteiger partial charge in [-0.3, -0.25) is 4.68 Å². The Hall–Kier alpha value is -2.14. The lowest BCUT2D eigenvalue weighted by atomic mass is 10.1. The Morgan fingerprint density at radius 3 is 2.56 bits per heavy atom. The fraction of sp³-hybridized carbons (Fsp3) is 0.0769. The van der Waals surface area contributed by atoms with E-state index in [-0.39, 0.29) is 0 Å². The van der Waals surface area contributed by atoms with E-state index in [0.29, 0.717) is 0 Å². The van der Waals surface area contributed by atoms with E-state index >= 15 is 0 Å². The Bertz CT molecular complexity index is 666. The predicted molar refractivity (Wildman–Crippen MR) is 74.2 cm³/mol. The third-order valence-corrected chi connectivity index (χ3v) is 3.51. The molecule has 0 amide bonds. The Labute approximate surface area is 109 Å². The van der Waals surface area contributed by atoms with Crippen molar-refractivity contribution in [3.63, 3.8) is 0 Å². The number of nitrogen functional groups attached to an aromatic ring is 1. The maximum Gasteiger partial charge on any atom is 0.144 e. The molecule has 2 heterocycles. The van der Waals surface area contributed by atoms with Crippen molar-refractivity contribution < 1.29 is 0 Å². The summed E-state index contributed by atoms with van der Waals surface area (Å²) in [6.07, 6.45) is 1.92. The molecule has 2 aromatic heterocycles. The molecule has 2 N–H and O–H groups in total. The summed E-state index contributed by atoms with van der Waals surface area (Å²) in [5.41, 5.74) is 9.37. The normalized spacial score (nSPS) is 10.7. The van der Waals surface area contributed by atoms with Crippen LogP contribution in [0.5, 0.6) is 0 Å². The Balaban J connectivity index is 1.96. The lowest BCUT2D eigenvalue weighted by Gasteiger charge is -1.96. The van der Waals surface area contributed by atoms with Gasteiger partial charge in [0, 0.05) is 29.9 Å². The average molecular weight is 256 g/mol. The standard InChI is InChI=1S/C13H12N4S/c1-17-7-6-11(16-17)13-15-12(8-18-13)9-2-4-10(14)5-3-9/h2-8H,14H2,1H3. The highest BCUT2D eigenvalue weighted by molar-refractivity contribution is 7.13. The molecule has 4 nitrogen and oxygen atoms in total. The number of thiazole rings is 1. The number of rotatable bonds is 2. The minimum atomic E-state index is 0.763. The zero-order valence-electron chi connectivity index (χ0n) is 9.87. The minimum absolute atomic E-state index is 0.763. The highest BCUT2D eigenvalue weighted by Crippen LogP contribution is 2.28. The van der Waals surface area contributed by atoms with Crippen LogP contribution in [0.1, 0.15) is 0 Å². The van der Waals surface area contributed by atoms with E-state index in [0.717, 1.165) is 27.6 Å². The van der Waals surface area contributed by atoms with E-state index in [9.17, 15) is 0 Å². The summed E-state index contributed by atoms with van der Waals surface area (Å²) in [5.74, 6) is 0. The molecule has 18 heavy (non-hydrogen) atoms. The molecule has 0 aliphatic rings. The maximum absolute atomic E-state index is 5.67. The molecular formula is C13H12N4S. The number of anilines is 1. The van der Waals surface area contributed by atoms with E-state index in [2.05, 4.69) is 10.1 Å². The van der Waals surface area contributed by atoms with Crippen LogP contribution in [0.3, 0.4) is 0 Å². The Morgan fingerprint density at radius 2 is 1.89 bits per heavy atom. The molecule has 0 spiro atoms. The summed E-state index contributed by atoms with van der Waals surface area (Å²) >= 11 is 1.60. The molecule has 0 atom stereocenters. The quantitative estimate of drug-likeness (QED) is 0.717. The van der Waals surface area contributed by atoms with Crippen molar-refractivity contribution in [2.75, 3.05) is 5.73 Å². The van der Waals surface area contributed by atoms with Gasteiger partial charge in [0.05, 0.1) is 5.69 Å². The molecular weight excluding hydrogens is 244 g/mol. The lowest BCUT2D eigenvalue weighted by molar-refractivity contribution is 0.770. The second-order valence-electron chi connectivity index (χ2n) is 4.03. The third-order valence-electron chi connectivity index (χ3n) is 2.64. The van der Waals surface area contributed by atoms with Gasteiger partial charge in [0.1, 0.15) is 10.7 Å². The third kappa shape index (κ3) is 2.00. The van der Waals surface area contributed by atoms with Gasteiger partial charge in [-0.2, -0.15) is 5.10 Å². The summed E-state index contributed by atoms with van der Waals surface area (Å²) in [6.45, 7) is 0. The molecule has 0 bridgehead atoms. The van der Waals surface area contributed by atoms with E-state index in [1.54, 1.807) is 16.0 Å². The molecule has 0 aliphatic carbocycles. The first-order chi connectivity index (χ1) is 8.72. The van der Waals surface area contributed by atoms with Gasteiger partial charge in [-0.15, -0.1) is 11.3 Å². The van der Waals surface area contributed by atoms with Gasteiger partial charge >= 0.3 is 0 Å². The lowest BCUT2D eigenvalue weighted by Crippen LogP contribution is -1.87. The average Bonchev–Trinajstić information content (AvgIpc) is 2.98. The monoisotopic (exact) mass is 256 g/mol. The summed E-state index contributed by atoms with van der Waals surface area (Å²) < 4.78 is 1.78. The van der Waals surface area contributed by atoms with Crippen LogP contribution in [0.15, 0.2) is 41.9 Å². The highest BCUT2D eigenvalue weighted by Gasteiger charge is 2.08. The molecule has 0 unspecified atom stereocenters. The van der Waals surface area contributed by atoms with E-state index < -0.39 is 0 Å². The molecule has 0 saturated heterocycles. The molecule has 1 aromatic carbocycles. The molecule has 0 radical (unpaired) electrons. The van der Waals surface area contributed by atoms with Gasteiger partial charge < -0.3 is 5.73 Å². The highest BCUT2D eigenvalue weighted by atomic mass is 32.1. The van der Waals surface area contributed by atoms with Crippen LogP contribution in [-0.2, 0) is 7.05 Å². The van der Waals surface area contributed by atoms with Crippen molar-refractivity contribution in [1.29, 1.82) is 0 Å². The van der Waals surface area contributed by atoms with Gasteiger partial charge in [-0.1, -0.05) is 12.1 Å². The van der Waals surface area contributed by atoms with Crippen molar-refractivity contribution in [3.8, 4) is 22.0 Å². The number of aryl methyl sites for hydroxylation is 1. The van der Waals surface area contributed by atoms with Crippen LogP contribution in [0.4, 0.5) is 5.69 Å². The van der Waals surface area contributed by atoms with Crippen LogP contribution in [0, 0.1) is 0 Å². The van der Waals surface area contributed by atoms with Crippen molar-refractivity contribution in [1.82, 2.24) is 14.8 Å². The summed E-state index contributed by atoms with van der Waals surface area (Å²) in [6, 6.07) is 9.69. The second kappa shape index (κ2) is 4.27. The zero-order valence-corrected chi connectivity index (χ0v) is 10.7. The minimum Gasteiger partial charge on any atom is -0.399 e. The van der Waals surface area contributed by atoms with Crippen LogP contribution in [0.2, 0.25) is 0 Å². The molecule has 3 aromatic rings. The van der Waals surface area contributed by atoms with E-state index in [4.69, 9.17) is 5.73 Å². The van der Waals surface area contributed by atoms with Crippen molar-refractivity contribution >= 4 is 17.0 Å². The van der Waals surface area contributed by atoms with Gasteiger partial charge in [0.25, 0.3) is 0 Å². The summed E-state index contributed by atoms with van der Waals surface area (Å²) in [5, 5.41) is 7.32. The molecule has 90 valence electrons. The molecule has 0 fully saturated rings. The first kappa shape index (κ1) is 11.0. The van der Waals surface area contributed by atoms with Gasteiger partial charge in [0.2, 0.25) is 0 Å². The van der Waals surface area contributed by atoms with Crippen LogP contribution in [-0.4, -0.2) is 14.8 Å². The summed E-state index contributed by atoms with van der Waals surface area (Å²) in [7, 11) is 1.90. The number of hydrogen-bond acceptors (Lipinski definition) is 4. The smallest absolute Gasteiger partial charge is 0.144 e.